The molecule has 0 aromatic heterocycles. The predicted molar refractivity (Wildman–Crippen MR) is 92.9 cm³/mol. The van der Waals surface area contributed by atoms with Gasteiger partial charge in [0.05, 0.1) is 12.6 Å². The number of nitrogens with zero attached hydrogens (tertiary/aromatic N) is 2. The number of carbonyl (C=O) groups is 1. The second-order valence-corrected chi connectivity index (χ2v) is 6.56. The van der Waals surface area contributed by atoms with Crippen molar-refractivity contribution in [3.05, 3.63) is 42.5 Å². The molecule has 4 nitrogen and oxygen atoms in total. The van der Waals surface area contributed by atoms with Gasteiger partial charge in [0.2, 0.25) is 0 Å². The number of fused-ring (bicyclic) bond motifs is 1. The van der Waals surface area contributed by atoms with Gasteiger partial charge in [0.15, 0.2) is 0 Å². The van der Waals surface area contributed by atoms with Crippen molar-refractivity contribution in [2.45, 2.75) is 26.3 Å². The number of benzene rings is 2. The van der Waals surface area contributed by atoms with Crippen LogP contribution in [0.1, 0.15) is 20.3 Å². The average Bonchev–Trinajstić information content (AvgIpc) is 2.87. The van der Waals surface area contributed by atoms with Crippen LogP contribution in [-0.2, 0) is 0 Å². The number of carbonyl (C=O) groups excluding carboxylic acids is 1. The molecule has 1 heterocycles. The molecule has 1 N–H and O–H groups in total. The minimum atomic E-state index is -0.0697. The summed E-state index contributed by atoms with van der Waals surface area (Å²) in [5.74, 6) is 0.469. The molecule has 23 heavy (non-hydrogen) atoms. The molecular formula is C19H22N3O+. The number of quaternary nitrogens is 1. The molecule has 2 amide bonds. The molecule has 1 aliphatic rings. The summed E-state index contributed by atoms with van der Waals surface area (Å²) >= 11 is 0. The topological polar surface area (TPSA) is 52.9 Å². The van der Waals surface area contributed by atoms with E-state index in [4.69, 9.17) is 5.26 Å². The standard InChI is InChI=1S/C19H21N3O/c1-14-12-15(2)22(13-14,19(23)21-11-10-20)18-9-5-7-16-6-3-4-8-17(16)18/h3-9,14-15H,11-13H2,1-2H3/p+1/t14-,15?,22?/m0/s1. The Morgan fingerprint density at radius 3 is 2.70 bits per heavy atom. The fourth-order valence-corrected chi connectivity index (χ4v) is 4.05. The summed E-state index contributed by atoms with van der Waals surface area (Å²) in [6, 6.07) is 16.5. The molecule has 0 radical (unpaired) electrons. The van der Waals surface area contributed by atoms with Gasteiger partial charge in [-0.15, -0.1) is 0 Å². The Bertz CT molecular complexity index is 774. The summed E-state index contributed by atoms with van der Waals surface area (Å²) in [5, 5.41) is 13.9. The molecule has 1 aliphatic heterocycles. The lowest BCUT2D eigenvalue weighted by Crippen LogP contribution is -2.61. The first-order chi connectivity index (χ1) is 11.1. The van der Waals surface area contributed by atoms with E-state index >= 15 is 0 Å². The van der Waals surface area contributed by atoms with Crippen molar-refractivity contribution in [2.24, 2.45) is 5.92 Å². The number of nitriles is 1. The van der Waals surface area contributed by atoms with Crippen molar-refractivity contribution in [2.75, 3.05) is 13.1 Å². The third-order valence-corrected chi connectivity index (χ3v) is 4.97. The van der Waals surface area contributed by atoms with Gasteiger partial charge in [0, 0.05) is 23.8 Å². The Morgan fingerprint density at radius 2 is 2.00 bits per heavy atom. The van der Waals surface area contributed by atoms with Crippen molar-refractivity contribution in [3.8, 4) is 6.07 Å². The van der Waals surface area contributed by atoms with Gasteiger partial charge in [0.1, 0.15) is 18.3 Å². The third kappa shape index (κ3) is 2.47. The van der Waals surface area contributed by atoms with Crippen LogP contribution in [0, 0.1) is 17.2 Å². The highest BCUT2D eigenvalue weighted by molar-refractivity contribution is 6.00. The SMILES string of the molecule is CC1C[C@H](C)C[N+]1(C(=O)NCC#N)c1cccc2ccccc12. The van der Waals surface area contributed by atoms with Crippen LogP contribution < -0.4 is 9.80 Å². The van der Waals surface area contributed by atoms with Crippen LogP contribution in [0.5, 0.6) is 0 Å². The lowest BCUT2D eigenvalue weighted by molar-refractivity contribution is 0.197. The van der Waals surface area contributed by atoms with Crippen LogP contribution in [-0.4, -0.2) is 25.2 Å². The second kappa shape index (κ2) is 6.02. The lowest BCUT2D eigenvalue weighted by atomic mass is 10.1. The van der Waals surface area contributed by atoms with Gasteiger partial charge in [-0.25, -0.2) is 9.28 Å². The van der Waals surface area contributed by atoms with Crippen molar-refractivity contribution in [3.63, 3.8) is 0 Å². The summed E-state index contributed by atoms with van der Waals surface area (Å²) in [6.45, 7) is 5.15. The molecule has 0 saturated carbocycles. The maximum absolute atomic E-state index is 13.0. The van der Waals surface area contributed by atoms with Crippen LogP contribution in [0.25, 0.3) is 10.8 Å². The zero-order valence-corrected chi connectivity index (χ0v) is 13.6. The first kappa shape index (κ1) is 15.5. The minimum absolute atomic E-state index is 0.0463. The minimum Gasteiger partial charge on any atom is -0.292 e. The van der Waals surface area contributed by atoms with Crippen LogP contribution in [0.15, 0.2) is 42.5 Å². The first-order valence-corrected chi connectivity index (χ1v) is 8.11. The number of amides is 2. The van der Waals surface area contributed by atoms with E-state index < -0.39 is 0 Å². The smallest absolute Gasteiger partial charge is 0.292 e. The molecule has 3 atom stereocenters. The van der Waals surface area contributed by atoms with Gasteiger partial charge in [0.25, 0.3) is 0 Å². The summed E-state index contributed by atoms with van der Waals surface area (Å²) in [4.78, 5) is 13.0. The number of hydrogen-bond donors (Lipinski definition) is 1. The largest absolute Gasteiger partial charge is 0.422 e. The molecular weight excluding hydrogens is 286 g/mol. The number of likely N-dealkylation sites (tertiary alicyclic amines) is 1. The molecule has 4 heteroatoms. The second-order valence-electron chi connectivity index (χ2n) is 6.56. The van der Waals surface area contributed by atoms with E-state index in [1.165, 1.54) is 0 Å². The highest BCUT2D eigenvalue weighted by Crippen LogP contribution is 2.41. The van der Waals surface area contributed by atoms with Gasteiger partial charge < -0.3 is 0 Å². The molecule has 2 aromatic carbocycles. The molecule has 2 aromatic rings. The van der Waals surface area contributed by atoms with Crippen LogP contribution >= 0.6 is 0 Å². The zero-order chi connectivity index (χ0) is 16.4. The summed E-state index contributed by atoms with van der Waals surface area (Å²) < 4.78 is 0.282. The molecule has 0 aliphatic carbocycles. The van der Waals surface area contributed by atoms with Crippen LogP contribution in [0.2, 0.25) is 0 Å². The van der Waals surface area contributed by atoms with Gasteiger partial charge in [-0.1, -0.05) is 37.3 Å². The van der Waals surface area contributed by atoms with Crippen LogP contribution in [0.3, 0.4) is 0 Å². The number of nitrogens with one attached hydrogen (secondary N) is 1. The van der Waals surface area contributed by atoms with Gasteiger partial charge >= 0.3 is 6.03 Å². The van der Waals surface area contributed by atoms with Gasteiger partial charge in [-0.3, -0.25) is 5.32 Å². The van der Waals surface area contributed by atoms with E-state index in [1.807, 2.05) is 24.3 Å². The Morgan fingerprint density at radius 1 is 1.26 bits per heavy atom. The van der Waals surface area contributed by atoms with E-state index in [0.29, 0.717) is 5.92 Å². The van der Waals surface area contributed by atoms with Crippen molar-refractivity contribution in [1.29, 1.82) is 5.26 Å². The van der Waals surface area contributed by atoms with E-state index in [2.05, 4.69) is 43.4 Å². The van der Waals surface area contributed by atoms with Crippen molar-refractivity contribution >= 4 is 22.5 Å². The monoisotopic (exact) mass is 308 g/mol. The Kier molecular flexibility index (Phi) is 4.06. The number of rotatable bonds is 2. The van der Waals surface area contributed by atoms with Gasteiger partial charge in [-0.2, -0.15) is 5.26 Å². The van der Waals surface area contributed by atoms with Crippen LogP contribution in [0.4, 0.5) is 10.5 Å². The van der Waals surface area contributed by atoms with Crippen molar-refractivity contribution in [1.82, 2.24) is 9.80 Å². The lowest BCUT2D eigenvalue weighted by Gasteiger charge is -2.35. The molecule has 0 bridgehead atoms. The highest BCUT2D eigenvalue weighted by Gasteiger charge is 2.51. The van der Waals surface area contributed by atoms with Gasteiger partial charge in [-0.05, 0) is 18.4 Å². The molecule has 1 saturated heterocycles. The molecule has 0 spiro atoms. The quantitative estimate of drug-likeness (QED) is 0.677. The maximum Gasteiger partial charge on any atom is 0.422 e. The summed E-state index contributed by atoms with van der Waals surface area (Å²) in [7, 11) is 0. The molecule has 3 rings (SSSR count). The fraction of sp³-hybridized carbons (Fsp3) is 0.368. The maximum atomic E-state index is 13.0. The normalized spacial score (nSPS) is 26.8. The summed E-state index contributed by atoms with van der Waals surface area (Å²) in [5.41, 5.74) is 1.04. The predicted octanol–water partition coefficient (Wildman–Crippen LogP) is 3.81. The van der Waals surface area contributed by atoms with E-state index in [9.17, 15) is 4.79 Å². The zero-order valence-electron chi connectivity index (χ0n) is 13.6. The summed E-state index contributed by atoms with van der Waals surface area (Å²) in [6.07, 6.45) is 1.00. The molecule has 2 unspecified atom stereocenters. The Hall–Kier alpha value is -2.38. The van der Waals surface area contributed by atoms with E-state index in [0.717, 1.165) is 29.4 Å². The number of urea groups is 1. The number of hydrogen-bond acceptors (Lipinski definition) is 2. The highest BCUT2D eigenvalue weighted by atomic mass is 16.2. The Labute approximate surface area is 136 Å². The first-order valence-electron chi connectivity index (χ1n) is 8.11. The van der Waals surface area contributed by atoms with E-state index in [-0.39, 0.29) is 23.1 Å². The van der Waals surface area contributed by atoms with E-state index in [1.54, 1.807) is 0 Å². The van der Waals surface area contributed by atoms with Crippen molar-refractivity contribution < 1.29 is 4.79 Å². The third-order valence-electron chi connectivity index (χ3n) is 4.97. The average molecular weight is 308 g/mol. The molecule has 118 valence electrons. The molecule has 1 fully saturated rings. The Balaban J connectivity index is 2.19. The fourth-order valence-electron chi connectivity index (χ4n) is 4.05.